The molecule has 0 aliphatic carbocycles. The van der Waals surface area contributed by atoms with Crippen LogP contribution < -0.4 is 4.90 Å². The lowest BCUT2D eigenvalue weighted by Gasteiger charge is -2.27. The highest BCUT2D eigenvalue weighted by atomic mass is 32.1. The Bertz CT molecular complexity index is 3550. The highest BCUT2D eigenvalue weighted by Crippen LogP contribution is 2.48. The van der Waals surface area contributed by atoms with Crippen molar-refractivity contribution in [3.8, 4) is 33.4 Å². The highest BCUT2D eigenvalue weighted by Gasteiger charge is 2.24. The second-order valence-corrected chi connectivity index (χ2v) is 16.4. The topological polar surface area (TPSA) is 16.4 Å². The maximum Gasteiger partial charge on any atom is 0.145 e. The first-order valence-electron chi connectivity index (χ1n) is 20.1. The minimum absolute atomic E-state index is 0.865. The van der Waals surface area contributed by atoms with E-state index in [2.05, 4.69) is 217 Å². The number of nitrogens with zero attached hydrogens (tertiary/aromatic N) is 1. The molecular weight excluding hydrogens is 735 g/mol. The molecule has 0 spiro atoms. The van der Waals surface area contributed by atoms with E-state index in [1.54, 1.807) is 0 Å². The Morgan fingerprint density at radius 2 is 0.915 bits per heavy atom. The van der Waals surface area contributed by atoms with Crippen LogP contribution in [0.2, 0.25) is 0 Å². The molecule has 0 N–H and O–H groups in total. The molecule has 0 fully saturated rings. The number of fused-ring (bicyclic) bond motifs is 9. The fraction of sp³-hybridized carbons (Fsp3) is 0. The summed E-state index contributed by atoms with van der Waals surface area (Å²) < 4.78 is 9.56. The Labute approximate surface area is 345 Å². The molecule has 0 saturated carbocycles. The maximum atomic E-state index is 7.02. The summed E-state index contributed by atoms with van der Waals surface area (Å²) in [7, 11) is 0. The van der Waals surface area contributed by atoms with E-state index >= 15 is 0 Å². The van der Waals surface area contributed by atoms with Crippen LogP contribution in [0.4, 0.5) is 17.1 Å². The van der Waals surface area contributed by atoms with Gasteiger partial charge in [0.1, 0.15) is 11.2 Å². The first-order chi connectivity index (χ1) is 29.2. The van der Waals surface area contributed by atoms with Gasteiger partial charge in [0.2, 0.25) is 0 Å². The lowest BCUT2D eigenvalue weighted by Crippen LogP contribution is -2.10. The van der Waals surface area contributed by atoms with Crippen LogP contribution in [0.25, 0.3) is 97.0 Å². The van der Waals surface area contributed by atoms with Crippen LogP contribution in [0.15, 0.2) is 217 Å². The minimum Gasteiger partial charge on any atom is -0.455 e. The fourth-order valence-corrected chi connectivity index (χ4v) is 10.2. The molecule has 0 aliphatic rings. The zero-order valence-electron chi connectivity index (χ0n) is 32.0. The monoisotopic (exact) mass is 769 g/mol. The van der Waals surface area contributed by atoms with E-state index in [1.165, 1.54) is 52.8 Å². The predicted octanol–water partition coefficient (Wildman–Crippen LogP) is 16.7. The van der Waals surface area contributed by atoms with E-state index in [-0.39, 0.29) is 0 Å². The Morgan fingerprint density at radius 1 is 0.356 bits per heavy atom. The summed E-state index contributed by atoms with van der Waals surface area (Å²) in [5, 5.41) is 9.64. The van der Waals surface area contributed by atoms with E-state index in [4.69, 9.17) is 4.42 Å². The quantitative estimate of drug-likeness (QED) is 0.157. The van der Waals surface area contributed by atoms with Crippen molar-refractivity contribution in [3.63, 3.8) is 0 Å². The third-order valence-electron chi connectivity index (χ3n) is 11.8. The molecule has 276 valence electrons. The molecular formula is C56H35NOS. The van der Waals surface area contributed by atoms with Crippen molar-refractivity contribution in [2.75, 3.05) is 4.90 Å². The second kappa shape index (κ2) is 13.6. The van der Waals surface area contributed by atoms with Crippen molar-refractivity contribution < 1.29 is 4.42 Å². The van der Waals surface area contributed by atoms with Gasteiger partial charge in [0.25, 0.3) is 0 Å². The lowest BCUT2D eigenvalue weighted by molar-refractivity contribution is 0.670. The van der Waals surface area contributed by atoms with E-state index in [9.17, 15) is 0 Å². The number of anilines is 3. The van der Waals surface area contributed by atoms with Gasteiger partial charge in [0, 0.05) is 42.5 Å². The van der Waals surface area contributed by atoms with Gasteiger partial charge in [-0.15, -0.1) is 11.3 Å². The molecule has 3 heteroatoms. The summed E-state index contributed by atoms with van der Waals surface area (Å²) in [6.07, 6.45) is 0. The molecule has 2 aromatic heterocycles. The molecule has 2 heterocycles. The van der Waals surface area contributed by atoms with Crippen molar-refractivity contribution >= 4 is 92.1 Å². The molecule has 10 aromatic carbocycles. The average Bonchev–Trinajstić information content (AvgIpc) is 3.88. The van der Waals surface area contributed by atoms with Crippen LogP contribution >= 0.6 is 11.3 Å². The summed E-state index contributed by atoms with van der Waals surface area (Å²) in [6, 6.07) is 76.9. The summed E-state index contributed by atoms with van der Waals surface area (Å²) in [4.78, 5) is 2.44. The van der Waals surface area contributed by atoms with Crippen LogP contribution in [-0.2, 0) is 0 Å². The van der Waals surface area contributed by atoms with E-state index in [0.29, 0.717) is 0 Å². The number of hydrogen-bond donors (Lipinski definition) is 0. The first-order valence-corrected chi connectivity index (χ1v) is 20.9. The molecule has 0 radical (unpaired) electrons. The molecule has 0 saturated heterocycles. The number of benzene rings is 10. The SMILES string of the molecule is c1ccc(-c2ccc3c(c2)oc2c(-c4ccccc4)ccc(N(c4ccc5c(c4)sc4cc(-c6ccccc6)ccc45)c4ccc5ccc6ccccc6c5c4)c23)cc1. The largest absolute Gasteiger partial charge is 0.455 e. The van der Waals surface area contributed by atoms with E-state index < -0.39 is 0 Å². The van der Waals surface area contributed by atoms with Gasteiger partial charge in [-0.05, 0) is 104 Å². The normalized spacial score (nSPS) is 11.7. The maximum absolute atomic E-state index is 7.02. The number of hydrogen-bond acceptors (Lipinski definition) is 3. The molecule has 0 atom stereocenters. The van der Waals surface area contributed by atoms with Crippen LogP contribution in [0.1, 0.15) is 0 Å². The third kappa shape index (κ3) is 5.62. The van der Waals surface area contributed by atoms with Crippen LogP contribution in [0.3, 0.4) is 0 Å². The molecule has 12 rings (SSSR count). The number of rotatable bonds is 6. The Kier molecular flexibility index (Phi) is 7.75. The van der Waals surface area contributed by atoms with E-state index in [0.717, 1.165) is 61.3 Å². The Balaban J connectivity index is 1.12. The molecule has 59 heavy (non-hydrogen) atoms. The standard InChI is InChI=1S/C56H35NOS/c1-4-12-36(13-5-1)41-24-28-49-52(32-41)58-56-46(38-16-8-3-9-17-38)30-31-51(55(49)56)57(43-25-22-40-21-20-39-18-10-11-19-45(39)50(40)34-43)44-26-29-48-47-27-23-42(37-14-6-2-7-15-37)33-53(47)59-54(48)35-44/h1-35H. The first kappa shape index (κ1) is 33.7. The molecule has 0 amide bonds. The van der Waals surface area contributed by atoms with E-state index in [1.807, 2.05) is 11.3 Å². The molecule has 0 unspecified atom stereocenters. The summed E-state index contributed by atoms with van der Waals surface area (Å²) in [5.74, 6) is 0. The van der Waals surface area contributed by atoms with Crippen molar-refractivity contribution in [2.24, 2.45) is 0 Å². The smallest absolute Gasteiger partial charge is 0.145 e. The molecule has 12 aromatic rings. The van der Waals surface area contributed by atoms with Crippen molar-refractivity contribution in [3.05, 3.63) is 212 Å². The van der Waals surface area contributed by atoms with Gasteiger partial charge >= 0.3 is 0 Å². The highest BCUT2D eigenvalue weighted by molar-refractivity contribution is 7.25. The van der Waals surface area contributed by atoms with Crippen molar-refractivity contribution in [1.29, 1.82) is 0 Å². The van der Waals surface area contributed by atoms with Gasteiger partial charge in [-0.1, -0.05) is 158 Å². The number of thiophene rings is 1. The predicted molar refractivity (Wildman–Crippen MR) is 253 cm³/mol. The van der Waals surface area contributed by atoms with Crippen molar-refractivity contribution in [1.82, 2.24) is 0 Å². The number of furan rings is 1. The zero-order chi connectivity index (χ0) is 38.9. The van der Waals surface area contributed by atoms with Gasteiger partial charge in [0.15, 0.2) is 0 Å². The summed E-state index contributed by atoms with van der Waals surface area (Å²) in [6.45, 7) is 0. The summed E-state index contributed by atoms with van der Waals surface area (Å²) >= 11 is 1.86. The van der Waals surface area contributed by atoms with Gasteiger partial charge in [-0.25, -0.2) is 0 Å². The lowest BCUT2D eigenvalue weighted by atomic mass is 9.98. The van der Waals surface area contributed by atoms with Gasteiger partial charge < -0.3 is 9.32 Å². The molecule has 2 nitrogen and oxygen atoms in total. The van der Waals surface area contributed by atoms with Gasteiger partial charge in [-0.3, -0.25) is 0 Å². The van der Waals surface area contributed by atoms with Crippen LogP contribution in [-0.4, -0.2) is 0 Å². The Hall–Kier alpha value is -7.46. The Morgan fingerprint density at radius 3 is 1.66 bits per heavy atom. The third-order valence-corrected chi connectivity index (χ3v) is 13.0. The summed E-state index contributed by atoms with van der Waals surface area (Å²) in [5.41, 5.74) is 11.9. The van der Waals surface area contributed by atoms with Crippen molar-refractivity contribution in [2.45, 2.75) is 0 Å². The zero-order valence-corrected chi connectivity index (χ0v) is 32.8. The van der Waals surface area contributed by atoms with Gasteiger partial charge in [-0.2, -0.15) is 0 Å². The molecule has 0 bridgehead atoms. The fourth-order valence-electron chi connectivity index (χ4n) is 8.97. The molecule has 0 aliphatic heterocycles. The minimum atomic E-state index is 0.865. The van der Waals surface area contributed by atoms with Crippen LogP contribution in [0.5, 0.6) is 0 Å². The van der Waals surface area contributed by atoms with Gasteiger partial charge in [0.05, 0.1) is 11.1 Å². The average molecular weight is 770 g/mol. The second-order valence-electron chi connectivity index (χ2n) is 15.3. The van der Waals surface area contributed by atoms with Crippen LogP contribution in [0, 0.1) is 0 Å².